The Kier molecular flexibility index (Phi) is 3.19. The monoisotopic (exact) mass is 290 g/mol. The molecule has 20 heavy (non-hydrogen) atoms. The van der Waals surface area contributed by atoms with Crippen LogP contribution in [-0.2, 0) is 4.79 Å². The number of carbonyl (C=O) groups is 1. The molecule has 4 nitrogen and oxygen atoms in total. The standard InChI is InChI=1S/C15H15ClN2O2/c1-8-12(4-2-9(6-17)14(8)16)18-7-11-10(15(18)20)3-5-13(11)19/h2,4,10-11,13,19H,3,5,7H2,1H3/t10-,11-,13?/m0/s1. The Morgan fingerprint density at radius 2 is 2.20 bits per heavy atom. The molecule has 5 heteroatoms. The molecule has 2 fully saturated rings. The summed E-state index contributed by atoms with van der Waals surface area (Å²) in [6.07, 6.45) is 1.08. The van der Waals surface area contributed by atoms with Crippen LogP contribution in [0.1, 0.15) is 24.0 Å². The first-order valence-corrected chi connectivity index (χ1v) is 7.11. The summed E-state index contributed by atoms with van der Waals surface area (Å²) in [7, 11) is 0. The van der Waals surface area contributed by atoms with Crippen LogP contribution in [-0.4, -0.2) is 23.7 Å². The Labute approximate surface area is 122 Å². The number of carbonyl (C=O) groups excluding carboxylic acids is 1. The van der Waals surface area contributed by atoms with Crippen LogP contribution in [0, 0.1) is 30.1 Å². The summed E-state index contributed by atoms with van der Waals surface area (Å²) in [5, 5.41) is 19.3. The van der Waals surface area contributed by atoms with E-state index in [1.165, 1.54) is 0 Å². The summed E-state index contributed by atoms with van der Waals surface area (Å²) in [6.45, 7) is 2.35. The molecule has 1 N–H and O–H groups in total. The molecule has 1 amide bonds. The van der Waals surface area contributed by atoms with Gasteiger partial charge in [-0.25, -0.2) is 0 Å². The average molecular weight is 291 g/mol. The highest BCUT2D eigenvalue weighted by atomic mass is 35.5. The number of rotatable bonds is 1. The van der Waals surface area contributed by atoms with Gasteiger partial charge in [-0.2, -0.15) is 5.26 Å². The third kappa shape index (κ3) is 1.81. The maximum atomic E-state index is 12.5. The molecule has 0 bridgehead atoms. The van der Waals surface area contributed by atoms with Gasteiger partial charge in [-0.15, -0.1) is 0 Å². The lowest BCUT2D eigenvalue weighted by Crippen LogP contribution is -2.28. The van der Waals surface area contributed by atoms with Gasteiger partial charge in [-0.05, 0) is 37.5 Å². The number of hydrogen-bond donors (Lipinski definition) is 1. The second-order valence-corrected chi connectivity index (χ2v) is 5.92. The van der Waals surface area contributed by atoms with E-state index in [2.05, 4.69) is 0 Å². The number of amides is 1. The van der Waals surface area contributed by atoms with E-state index in [1.54, 1.807) is 17.0 Å². The number of fused-ring (bicyclic) bond motifs is 1. The van der Waals surface area contributed by atoms with E-state index in [4.69, 9.17) is 16.9 Å². The number of anilines is 1. The van der Waals surface area contributed by atoms with E-state index >= 15 is 0 Å². The zero-order valence-corrected chi connectivity index (χ0v) is 11.9. The van der Waals surface area contributed by atoms with Gasteiger partial charge in [-0.1, -0.05) is 11.6 Å². The Bertz CT molecular complexity index is 623. The highest BCUT2D eigenvalue weighted by Crippen LogP contribution is 2.42. The van der Waals surface area contributed by atoms with Crippen molar-refractivity contribution in [2.45, 2.75) is 25.9 Å². The molecule has 1 aliphatic carbocycles. The van der Waals surface area contributed by atoms with Crippen molar-refractivity contribution in [3.05, 3.63) is 28.3 Å². The number of nitriles is 1. The molecule has 3 atom stereocenters. The van der Waals surface area contributed by atoms with Crippen LogP contribution in [0.3, 0.4) is 0 Å². The van der Waals surface area contributed by atoms with Gasteiger partial charge in [0.05, 0.1) is 16.7 Å². The molecule has 104 valence electrons. The van der Waals surface area contributed by atoms with E-state index in [0.717, 1.165) is 17.7 Å². The second kappa shape index (κ2) is 4.76. The van der Waals surface area contributed by atoms with Crippen molar-refractivity contribution in [3.8, 4) is 6.07 Å². The zero-order chi connectivity index (χ0) is 14.4. The van der Waals surface area contributed by atoms with E-state index in [0.29, 0.717) is 23.6 Å². The van der Waals surface area contributed by atoms with Crippen molar-refractivity contribution in [3.63, 3.8) is 0 Å². The third-order valence-electron chi connectivity index (χ3n) is 4.53. The Morgan fingerprint density at radius 1 is 1.45 bits per heavy atom. The summed E-state index contributed by atoms with van der Waals surface area (Å²) < 4.78 is 0. The molecule has 0 radical (unpaired) electrons. The van der Waals surface area contributed by atoms with Crippen LogP contribution in [0.4, 0.5) is 5.69 Å². The van der Waals surface area contributed by atoms with Crippen LogP contribution in [0.25, 0.3) is 0 Å². The minimum Gasteiger partial charge on any atom is -0.393 e. The predicted octanol–water partition coefficient (Wildman–Crippen LogP) is 2.25. The maximum Gasteiger partial charge on any atom is 0.230 e. The minimum absolute atomic E-state index is 0.0244. The Balaban J connectivity index is 1.98. The molecule has 1 saturated heterocycles. The molecule has 1 saturated carbocycles. The largest absolute Gasteiger partial charge is 0.393 e. The van der Waals surface area contributed by atoms with Gasteiger partial charge in [0, 0.05) is 24.1 Å². The third-order valence-corrected chi connectivity index (χ3v) is 5.02. The maximum absolute atomic E-state index is 12.5. The summed E-state index contributed by atoms with van der Waals surface area (Å²) in [5.74, 6) is 0.0190. The molecule has 3 rings (SSSR count). The topological polar surface area (TPSA) is 64.3 Å². The van der Waals surface area contributed by atoms with E-state index in [-0.39, 0.29) is 23.8 Å². The highest BCUT2D eigenvalue weighted by Gasteiger charge is 2.48. The smallest absolute Gasteiger partial charge is 0.230 e. The van der Waals surface area contributed by atoms with Crippen molar-refractivity contribution in [2.75, 3.05) is 11.4 Å². The van der Waals surface area contributed by atoms with E-state index < -0.39 is 0 Å². The average Bonchev–Trinajstić information content (AvgIpc) is 2.95. The lowest BCUT2D eigenvalue weighted by atomic mass is 9.99. The predicted molar refractivity (Wildman–Crippen MR) is 75.5 cm³/mol. The number of hydrogen-bond acceptors (Lipinski definition) is 3. The van der Waals surface area contributed by atoms with Crippen molar-refractivity contribution in [2.24, 2.45) is 11.8 Å². The number of halogens is 1. The summed E-state index contributed by atoms with van der Waals surface area (Å²) >= 11 is 6.16. The Hall–Kier alpha value is -1.57. The first-order valence-electron chi connectivity index (χ1n) is 6.73. The molecule has 1 aromatic rings. The van der Waals surface area contributed by atoms with Gasteiger partial charge in [0.15, 0.2) is 0 Å². The summed E-state index contributed by atoms with van der Waals surface area (Å²) in [4.78, 5) is 14.2. The normalized spacial score (nSPS) is 28.6. The molecule has 0 aromatic heterocycles. The van der Waals surface area contributed by atoms with Crippen LogP contribution in [0.15, 0.2) is 12.1 Å². The summed E-state index contributed by atoms with van der Waals surface area (Å²) in [6, 6.07) is 5.45. The quantitative estimate of drug-likeness (QED) is 0.863. The van der Waals surface area contributed by atoms with E-state index in [9.17, 15) is 9.90 Å². The van der Waals surface area contributed by atoms with Gasteiger partial charge in [0.1, 0.15) is 6.07 Å². The van der Waals surface area contributed by atoms with Crippen molar-refractivity contribution in [1.29, 1.82) is 5.26 Å². The lowest BCUT2D eigenvalue weighted by Gasteiger charge is -2.21. The van der Waals surface area contributed by atoms with E-state index in [1.807, 2.05) is 13.0 Å². The van der Waals surface area contributed by atoms with Crippen LogP contribution in [0.2, 0.25) is 5.02 Å². The lowest BCUT2D eigenvalue weighted by molar-refractivity contribution is -0.120. The molecule has 0 spiro atoms. The highest BCUT2D eigenvalue weighted by molar-refractivity contribution is 6.33. The number of benzene rings is 1. The van der Waals surface area contributed by atoms with Gasteiger partial charge in [0.2, 0.25) is 5.91 Å². The molecule has 1 aromatic carbocycles. The fourth-order valence-corrected chi connectivity index (χ4v) is 3.58. The minimum atomic E-state index is -0.386. The zero-order valence-electron chi connectivity index (χ0n) is 11.1. The second-order valence-electron chi connectivity index (χ2n) is 5.55. The van der Waals surface area contributed by atoms with Crippen LogP contribution < -0.4 is 4.90 Å². The summed E-state index contributed by atoms with van der Waals surface area (Å²) in [5.41, 5.74) is 1.91. The van der Waals surface area contributed by atoms with Gasteiger partial charge in [-0.3, -0.25) is 4.79 Å². The molecule has 1 aliphatic heterocycles. The van der Waals surface area contributed by atoms with Gasteiger partial charge in [0.25, 0.3) is 0 Å². The van der Waals surface area contributed by atoms with Crippen LogP contribution >= 0.6 is 11.6 Å². The molecule has 1 heterocycles. The number of nitrogens with zero attached hydrogens (tertiary/aromatic N) is 2. The SMILES string of the molecule is Cc1c(N2C[C@@H]3C(O)CC[C@@H]3C2=O)ccc(C#N)c1Cl. The van der Waals surface area contributed by atoms with Gasteiger partial charge < -0.3 is 10.0 Å². The fourth-order valence-electron chi connectivity index (χ4n) is 3.37. The first kappa shape index (κ1) is 13.4. The number of aliphatic hydroxyl groups excluding tert-OH is 1. The van der Waals surface area contributed by atoms with Crippen molar-refractivity contribution < 1.29 is 9.90 Å². The number of aliphatic hydroxyl groups is 1. The van der Waals surface area contributed by atoms with Gasteiger partial charge >= 0.3 is 0 Å². The van der Waals surface area contributed by atoms with Crippen molar-refractivity contribution >= 4 is 23.2 Å². The molecule has 2 aliphatic rings. The molecule has 1 unspecified atom stereocenters. The van der Waals surface area contributed by atoms with Crippen molar-refractivity contribution in [1.82, 2.24) is 0 Å². The van der Waals surface area contributed by atoms with Crippen LogP contribution in [0.5, 0.6) is 0 Å². The fraction of sp³-hybridized carbons (Fsp3) is 0.467. The Morgan fingerprint density at radius 3 is 2.85 bits per heavy atom. The molecular formula is C15H15ClN2O2. The molecular weight excluding hydrogens is 276 g/mol. The first-order chi connectivity index (χ1) is 9.54.